The Bertz CT molecular complexity index is 454. The highest BCUT2D eigenvalue weighted by molar-refractivity contribution is 9.10. The predicted octanol–water partition coefficient (Wildman–Crippen LogP) is 3.55. The standard InChI is InChI=1S/C16H22BrFN2/c17-16-9-14(18)2-1-13(16)11-20-7-5-12(6-8-20)10-19-15-3-4-15/h1-2,9,12,15,19H,3-8,10-11H2. The van der Waals surface area contributed by atoms with Gasteiger partial charge >= 0.3 is 0 Å². The summed E-state index contributed by atoms with van der Waals surface area (Å²) in [5.74, 6) is 0.661. The minimum absolute atomic E-state index is 0.175. The summed E-state index contributed by atoms with van der Waals surface area (Å²) >= 11 is 3.46. The third-order valence-corrected chi connectivity index (χ3v) is 5.13. The first-order valence-electron chi connectivity index (χ1n) is 7.60. The van der Waals surface area contributed by atoms with Crippen molar-refractivity contribution in [3.05, 3.63) is 34.1 Å². The SMILES string of the molecule is Fc1ccc(CN2CCC(CNC3CC3)CC2)c(Br)c1. The molecule has 3 rings (SSSR count). The Labute approximate surface area is 128 Å². The van der Waals surface area contributed by atoms with Crippen LogP contribution in [0.2, 0.25) is 0 Å². The number of benzene rings is 1. The summed E-state index contributed by atoms with van der Waals surface area (Å²) in [6.07, 6.45) is 5.30. The molecule has 2 nitrogen and oxygen atoms in total. The zero-order valence-corrected chi connectivity index (χ0v) is 13.3. The van der Waals surface area contributed by atoms with Crippen LogP contribution in [-0.4, -0.2) is 30.6 Å². The lowest BCUT2D eigenvalue weighted by atomic mass is 9.96. The molecule has 0 amide bonds. The van der Waals surface area contributed by atoms with Gasteiger partial charge in [-0.3, -0.25) is 4.90 Å². The molecule has 0 atom stereocenters. The Morgan fingerprint density at radius 3 is 2.60 bits per heavy atom. The van der Waals surface area contributed by atoms with Crippen molar-refractivity contribution in [3.8, 4) is 0 Å². The Morgan fingerprint density at radius 2 is 1.95 bits per heavy atom. The van der Waals surface area contributed by atoms with Crippen molar-refractivity contribution >= 4 is 15.9 Å². The third kappa shape index (κ3) is 4.03. The molecular weight excluding hydrogens is 319 g/mol. The van der Waals surface area contributed by atoms with Gasteiger partial charge in [0, 0.05) is 17.1 Å². The van der Waals surface area contributed by atoms with Gasteiger partial charge in [0.1, 0.15) is 5.82 Å². The maximum atomic E-state index is 13.1. The first-order chi connectivity index (χ1) is 9.70. The van der Waals surface area contributed by atoms with Gasteiger partial charge in [0.15, 0.2) is 0 Å². The van der Waals surface area contributed by atoms with E-state index in [1.807, 2.05) is 6.07 Å². The number of rotatable bonds is 5. The molecule has 1 saturated carbocycles. The summed E-state index contributed by atoms with van der Waals surface area (Å²) in [6, 6.07) is 5.82. The maximum absolute atomic E-state index is 13.1. The van der Waals surface area contributed by atoms with Crippen molar-refractivity contribution in [2.24, 2.45) is 5.92 Å². The maximum Gasteiger partial charge on any atom is 0.124 e. The van der Waals surface area contributed by atoms with Gasteiger partial charge in [0.05, 0.1) is 0 Å². The molecule has 1 heterocycles. The molecule has 1 saturated heterocycles. The average molecular weight is 341 g/mol. The van der Waals surface area contributed by atoms with Gasteiger partial charge in [-0.1, -0.05) is 22.0 Å². The summed E-state index contributed by atoms with van der Waals surface area (Å²) in [4.78, 5) is 2.48. The van der Waals surface area contributed by atoms with Gasteiger partial charge in [-0.15, -0.1) is 0 Å². The molecule has 1 aliphatic heterocycles. The van der Waals surface area contributed by atoms with Crippen molar-refractivity contribution in [1.82, 2.24) is 10.2 Å². The summed E-state index contributed by atoms with van der Waals surface area (Å²) in [5.41, 5.74) is 1.18. The molecule has 1 N–H and O–H groups in total. The fraction of sp³-hybridized carbons (Fsp3) is 0.625. The normalized spacial score (nSPS) is 21.3. The highest BCUT2D eigenvalue weighted by Crippen LogP contribution is 2.24. The third-order valence-electron chi connectivity index (χ3n) is 4.39. The molecule has 0 spiro atoms. The van der Waals surface area contributed by atoms with Crippen LogP contribution in [0.25, 0.3) is 0 Å². The fourth-order valence-corrected chi connectivity index (χ4v) is 3.34. The average Bonchev–Trinajstić information content (AvgIpc) is 3.25. The molecule has 4 heteroatoms. The van der Waals surface area contributed by atoms with Crippen molar-refractivity contribution in [2.45, 2.75) is 38.3 Å². The fourth-order valence-electron chi connectivity index (χ4n) is 2.86. The van der Waals surface area contributed by atoms with Gasteiger partial charge < -0.3 is 5.32 Å². The van der Waals surface area contributed by atoms with Crippen LogP contribution in [0.5, 0.6) is 0 Å². The second-order valence-corrected chi connectivity index (χ2v) is 6.99. The van der Waals surface area contributed by atoms with E-state index in [9.17, 15) is 4.39 Å². The minimum Gasteiger partial charge on any atom is -0.314 e. The topological polar surface area (TPSA) is 15.3 Å². The second-order valence-electron chi connectivity index (χ2n) is 6.14. The van der Waals surface area contributed by atoms with Gasteiger partial charge in [0.2, 0.25) is 0 Å². The number of piperidine rings is 1. The van der Waals surface area contributed by atoms with E-state index in [1.54, 1.807) is 12.1 Å². The van der Waals surface area contributed by atoms with Crippen molar-refractivity contribution < 1.29 is 4.39 Å². The van der Waals surface area contributed by atoms with Crippen LogP contribution in [-0.2, 0) is 6.54 Å². The molecule has 0 radical (unpaired) electrons. The largest absolute Gasteiger partial charge is 0.314 e. The molecule has 110 valence electrons. The summed E-state index contributed by atoms with van der Waals surface area (Å²) in [7, 11) is 0. The molecule has 2 aliphatic rings. The molecule has 0 bridgehead atoms. The highest BCUT2D eigenvalue weighted by atomic mass is 79.9. The Morgan fingerprint density at radius 1 is 1.20 bits per heavy atom. The molecule has 0 aromatic heterocycles. The van der Waals surface area contributed by atoms with Crippen LogP contribution >= 0.6 is 15.9 Å². The molecule has 1 aromatic carbocycles. The van der Waals surface area contributed by atoms with E-state index in [-0.39, 0.29) is 5.82 Å². The minimum atomic E-state index is -0.175. The first kappa shape index (κ1) is 14.5. The number of likely N-dealkylation sites (tertiary alicyclic amines) is 1. The monoisotopic (exact) mass is 340 g/mol. The number of halogens is 2. The molecule has 1 aliphatic carbocycles. The van der Waals surface area contributed by atoms with Crippen LogP contribution in [0.3, 0.4) is 0 Å². The van der Waals surface area contributed by atoms with E-state index in [1.165, 1.54) is 37.8 Å². The summed E-state index contributed by atoms with van der Waals surface area (Å²) < 4.78 is 14.0. The predicted molar refractivity (Wildman–Crippen MR) is 83.1 cm³/mol. The Balaban J connectivity index is 1.45. The smallest absolute Gasteiger partial charge is 0.124 e. The van der Waals surface area contributed by atoms with E-state index in [4.69, 9.17) is 0 Å². The van der Waals surface area contributed by atoms with E-state index >= 15 is 0 Å². The van der Waals surface area contributed by atoms with Gasteiger partial charge in [-0.2, -0.15) is 0 Å². The number of hydrogen-bond acceptors (Lipinski definition) is 2. The lowest BCUT2D eigenvalue weighted by Gasteiger charge is -2.32. The van der Waals surface area contributed by atoms with E-state index < -0.39 is 0 Å². The van der Waals surface area contributed by atoms with Crippen LogP contribution in [0.1, 0.15) is 31.2 Å². The zero-order chi connectivity index (χ0) is 13.9. The van der Waals surface area contributed by atoms with Crippen LogP contribution < -0.4 is 5.32 Å². The number of nitrogens with zero attached hydrogens (tertiary/aromatic N) is 1. The quantitative estimate of drug-likeness (QED) is 0.881. The molecule has 20 heavy (non-hydrogen) atoms. The van der Waals surface area contributed by atoms with Gasteiger partial charge in [-0.05, 0) is 68.9 Å². The number of hydrogen-bond donors (Lipinski definition) is 1. The van der Waals surface area contributed by atoms with Crippen molar-refractivity contribution in [1.29, 1.82) is 0 Å². The van der Waals surface area contributed by atoms with E-state index in [2.05, 4.69) is 26.1 Å². The Hall–Kier alpha value is -0.450. The van der Waals surface area contributed by atoms with E-state index in [0.717, 1.165) is 36.1 Å². The molecular formula is C16H22BrFN2. The number of nitrogens with one attached hydrogen (secondary N) is 1. The van der Waals surface area contributed by atoms with Crippen molar-refractivity contribution in [3.63, 3.8) is 0 Å². The second kappa shape index (κ2) is 6.54. The lowest BCUT2D eigenvalue weighted by molar-refractivity contribution is 0.175. The first-order valence-corrected chi connectivity index (χ1v) is 8.39. The van der Waals surface area contributed by atoms with Crippen LogP contribution in [0.15, 0.2) is 22.7 Å². The summed E-state index contributed by atoms with van der Waals surface area (Å²) in [5, 5.41) is 3.64. The van der Waals surface area contributed by atoms with Gasteiger partial charge in [0.25, 0.3) is 0 Å². The Kier molecular flexibility index (Phi) is 4.74. The van der Waals surface area contributed by atoms with Crippen molar-refractivity contribution in [2.75, 3.05) is 19.6 Å². The lowest BCUT2D eigenvalue weighted by Crippen LogP contribution is -2.37. The molecule has 2 fully saturated rings. The van der Waals surface area contributed by atoms with Crippen LogP contribution in [0, 0.1) is 11.7 Å². The highest BCUT2D eigenvalue weighted by Gasteiger charge is 2.24. The summed E-state index contributed by atoms with van der Waals surface area (Å²) in [6.45, 7) is 4.42. The molecule has 1 aromatic rings. The molecule has 0 unspecified atom stereocenters. The van der Waals surface area contributed by atoms with Crippen LogP contribution in [0.4, 0.5) is 4.39 Å². The zero-order valence-electron chi connectivity index (χ0n) is 11.7. The van der Waals surface area contributed by atoms with E-state index in [0.29, 0.717) is 0 Å². The van der Waals surface area contributed by atoms with Gasteiger partial charge in [-0.25, -0.2) is 4.39 Å².